The van der Waals surface area contributed by atoms with Gasteiger partial charge in [0.1, 0.15) is 11.5 Å². The number of benzene rings is 1. The smallest absolute Gasteiger partial charge is 0.274 e. The van der Waals surface area contributed by atoms with Gasteiger partial charge in [0.05, 0.1) is 29.2 Å². The summed E-state index contributed by atoms with van der Waals surface area (Å²) in [7, 11) is 1.91. The van der Waals surface area contributed by atoms with Crippen molar-refractivity contribution in [2.45, 2.75) is 31.8 Å². The lowest BCUT2D eigenvalue weighted by molar-refractivity contribution is 0.102. The van der Waals surface area contributed by atoms with Crippen LogP contribution >= 0.6 is 13.5 Å². The molecule has 0 aliphatic carbocycles. The van der Waals surface area contributed by atoms with E-state index in [-0.39, 0.29) is 25.5 Å². The zero-order valence-electron chi connectivity index (χ0n) is 18.3. The Morgan fingerprint density at radius 1 is 1.12 bits per heavy atom. The topological polar surface area (TPSA) is 86.5 Å². The second kappa shape index (κ2) is 9.38. The molecule has 3 aromatic rings. The summed E-state index contributed by atoms with van der Waals surface area (Å²) in [6.45, 7) is 3.27. The van der Waals surface area contributed by atoms with Gasteiger partial charge in [-0.1, -0.05) is 6.07 Å². The molecule has 2 saturated heterocycles. The number of hydrogen-bond donors (Lipinski definition) is 2. The Kier molecular flexibility index (Phi) is 6.57. The molecule has 0 unspecified atom stereocenters. The highest BCUT2D eigenvalue weighted by Gasteiger charge is 2.23. The lowest BCUT2D eigenvalue weighted by Crippen LogP contribution is -2.30. The van der Waals surface area contributed by atoms with E-state index in [9.17, 15) is 9.90 Å². The number of anilines is 3. The Bertz CT molecular complexity index is 1110. The van der Waals surface area contributed by atoms with Crippen molar-refractivity contribution in [3.8, 4) is 0 Å². The summed E-state index contributed by atoms with van der Waals surface area (Å²) in [6.07, 6.45) is 5.81. The third kappa shape index (κ3) is 4.40. The van der Waals surface area contributed by atoms with E-state index in [4.69, 9.17) is 0 Å². The van der Waals surface area contributed by atoms with Gasteiger partial charge in [-0.2, -0.15) is 18.6 Å². The Morgan fingerprint density at radius 2 is 1.94 bits per heavy atom. The molecule has 1 amide bonds. The molecule has 0 bridgehead atoms. The fourth-order valence-electron chi connectivity index (χ4n) is 4.55. The van der Waals surface area contributed by atoms with Crippen molar-refractivity contribution in [3.63, 3.8) is 0 Å². The van der Waals surface area contributed by atoms with Crippen molar-refractivity contribution in [1.29, 1.82) is 0 Å². The molecule has 32 heavy (non-hydrogen) atoms. The highest BCUT2D eigenvalue weighted by molar-refractivity contribution is 7.59. The van der Waals surface area contributed by atoms with E-state index in [0.717, 1.165) is 67.0 Å². The maximum absolute atomic E-state index is 13.2. The lowest BCUT2D eigenvalue weighted by Gasteiger charge is -2.30. The van der Waals surface area contributed by atoms with E-state index < -0.39 is 0 Å². The van der Waals surface area contributed by atoms with E-state index in [2.05, 4.69) is 26.4 Å². The lowest BCUT2D eigenvalue weighted by atomic mass is 10.1. The van der Waals surface area contributed by atoms with Gasteiger partial charge in [0, 0.05) is 38.6 Å². The molecule has 2 N–H and O–H groups in total. The molecule has 9 heteroatoms. The molecule has 2 aliphatic heterocycles. The fourth-order valence-corrected chi connectivity index (χ4v) is 4.55. The Morgan fingerprint density at radius 3 is 2.69 bits per heavy atom. The van der Waals surface area contributed by atoms with Crippen molar-refractivity contribution >= 4 is 47.5 Å². The van der Waals surface area contributed by atoms with Crippen LogP contribution in [0.15, 0.2) is 36.5 Å². The van der Waals surface area contributed by atoms with Crippen molar-refractivity contribution in [2.75, 3.05) is 41.3 Å². The van der Waals surface area contributed by atoms with E-state index in [1.807, 2.05) is 41.0 Å². The van der Waals surface area contributed by atoms with Gasteiger partial charge in [0.15, 0.2) is 0 Å². The summed E-state index contributed by atoms with van der Waals surface area (Å²) in [6, 6.07) is 9.59. The monoisotopic (exact) mass is 454 g/mol. The number of amides is 1. The molecular weight excluding hydrogens is 424 g/mol. The number of aryl methyl sites for hydroxylation is 1. The number of carbonyl (C=O) groups is 1. The second-order valence-corrected chi connectivity index (χ2v) is 8.47. The number of fused-ring (bicyclic) bond motifs is 1. The molecule has 0 radical (unpaired) electrons. The number of aliphatic hydroxyl groups is 1. The van der Waals surface area contributed by atoms with Crippen LogP contribution in [0.4, 0.5) is 17.2 Å². The van der Waals surface area contributed by atoms with Gasteiger partial charge >= 0.3 is 0 Å². The normalized spacial score (nSPS) is 18.6. The minimum absolute atomic E-state index is 0. The molecule has 0 saturated carbocycles. The van der Waals surface area contributed by atoms with E-state index in [0.29, 0.717) is 12.2 Å². The van der Waals surface area contributed by atoms with Crippen LogP contribution in [0.1, 0.15) is 36.2 Å². The highest BCUT2D eigenvalue weighted by atomic mass is 32.1. The van der Waals surface area contributed by atoms with Crippen molar-refractivity contribution in [3.05, 3.63) is 42.2 Å². The largest absolute Gasteiger partial charge is 0.391 e. The first kappa shape index (κ1) is 22.4. The molecule has 2 aromatic heterocycles. The highest BCUT2D eigenvalue weighted by Crippen LogP contribution is 2.33. The van der Waals surface area contributed by atoms with Crippen molar-refractivity contribution in [2.24, 2.45) is 7.05 Å². The molecule has 1 atom stereocenters. The van der Waals surface area contributed by atoms with Crippen LogP contribution in [0.5, 0.6) is 0 Å². The predicted molar refractivity (Wildman–Crippen MR) is 132 cm³/mol. The Hall–Kier alpha value is -2.78. The fraction of sp³-hybridized carbons (Fsp3) is 0.435. The van der Waals surface area contributed by atoms with Crippen LogP contribution in [0.2, 0.25) is 0 Å². The third-order valence-corrected chi connectivity index (χ3v) is 6.26. The van der Waals surface area contributed by atoms with Gasteiger partial charge in [-0.3, -0.25) is 9.48 Å². The van der Waals surface area contributed by atoms with Crippen LogP contribution in [0, 0.1) is 0 Å². The molecular formula is C23H30N6O2S. The molecule has 5 rings (SSSR count). The molecule has 0 spiro atoms. The summed E-state index contributed by atoms with van der Waals surface area (Å²) in [5.74, 6) is 0.490. The van der Waals surface area contributed by atoms with Gasteiger partial charge in [-0.05, 0) is 49.9 Å². The van der Waals surface area contributed by atoms with Gasteiger partial charge in [-0.25, -0.2) is 4.98 Å². The average molecular weight is 455 g/mol. The van der Waals surface area contributed by atoms with Gasteiger partial charge in [-0.15, -0.1) is 0 Å². The number of carbonyl (C=O) groups excluding carboxylic acids is 1. The van der Waals surface area contributed by atoms with Crippen LogP contribution in [-0.4, -0.2) is 58.1 Å². The van der Waals surface area contributed by atoms with Gasteiger partial charge < -0.3 is 20.2 Å². The zero-order valence-corrected chi connectivity index (χ0v) is 19.3. The minimum Gasteiger partial charge on any atom is -0.391 e. The van der Waals surface area contributed by atoms with Crippen molar-refractivity contribution in [1.82, 2.24) is 14.8 Å². The van der Waals surface area contributed by atoms with Crippen LogP contribution < -0.4 is 15.1 Å². The number of pyridine rings is 1. The average Bonchev–Trinajstić information content (AvgIpc) is 3.39. The Labute approximate surface area is 194 Å². The standard InChI is InChI=1S/C23H28N6O2.H2S/c1-27-20-13-19(21(12-16(20)14-24-27)28-9-3-2-4-10-28)26-23(31)18-6-5-7-22(25-18)29-11-8-17(30)15-29;/h5-7,12-14,17,30H,2-4,8-11,15H2,1H3,(H,26,31);1H2/t17-;/m0./s1. The second-order valence-electron chi connectivity index (χ2n) is 8.47. The van der Waals surface area contributed by atoms with Crippen LogP contribution in [0.3, 0.4) is 0 Å². The Balaban J connectivity index is 0.00000245. The SMILES string of the molecule is Cn1ncc2cc(N3CCCCC3)c(NC(=O)c3cccc(N4CC[C@H](O)C4)n3)cc21.S. The quantitative estimate of drug-likeness (QED) is 0.631. The van der Waals surface area contributed by atoms with Crippen LogP contribution in [-0.2, 0) is 7.05 Å². The molecule has 170 valence electrons. The minimum atomic E-state index is -0.336. The molecule has 1 aromatic carbocycles. The van der Waals surface area contributed by atoms with E-state index in [1.54, 1.807) is 6.07 Å². The van der Waals surface area contributed by atoms with Crippen LogP contribution in [0.25, 0.3) is 10.9 Å². The molecule has 2 aliphatic rings. The zero-order chi connectivity index (χ0) is 21.4. The summed E-state index contributed by atoms with van der Waals surface area (Å²) in [5.41, 5.74) is 3.16. The number of aromatic nitrogens is 3. The van der Waals surface area contributed by atoms with E-state index in [1.165, 1.54) is 6.42 Å². The number of piperidine rings is 1. The van der Waals surface area contributed by atoms with Gasteiger partial charge in [0.2, 0.25) is 0 Å². The van der Waals surface area contributed by atoms with Gasteiger partial charge in [0.25, 0.3) is 5.91 Å². The first-order chi connectivity index (χ1) is 15.1. The number of nitrogens with zero attached hydrogens (tertiary/aromatic N) is 5. The molecule has 8 nitrogen and oxygen atoms in total. The number of rotatable bonds is 4. The predicted octanol–water partition coefficient (Wildman–Crippen LogP) is 2.89. The molecule has 2 fully saturated rings. The maximum atomic E-state index is 13.2. The van der Waals surface area contributed by atoms with E-state index >= 15 is 0 Å². The summed E-state index contributed by atoms with van der Waals surface area (Å²) in [5, 5.41) is 18.4. The summed E-state index contributed by atoms with van der Waals surface area (Å²) in [4.78, 5) is 22.1. The number of aliphatic hydroxyl groups excluding tert-OH is 1. The first-order valence-corrected chi connectivity index (χ1v) is 11.0. The first-order valence-electron chi connectivity index (χ1n) is 11.0. The molecule has 4 heterocycles. The summed E-state index contributed by atoms with van der Waals surface area (Å²) < 4.78 is 1.82. The third-order valence-electron chi connectivity index (χ3n) is 6.26. The number of nitrogens with one attached hydrogen (secondary N) is 1. The number of hydrogen-bond acceptors (Lipinski definition) is 6. The summed E-state index contributed by atoms with van der Waals surface area (Å²) >= 11 is 0. The number of β-amino-alcohol motifs (C(OH)–C–C–N with tert-alkyl or cyclic N) is 1. The van der Waals surface area contributed by atoms with Crippen molar-refractivity contribution < 1.29 is 9.90 Å². The maximum Gasteiger partial charge on any atom is 0.274 e.